The Morgan fingerprint density at radius 2 is 1.90 bits per heavy atom. The summed E-state index contributed by atoms with van der Waals surface area (Å²) < 4.78 is 1.75. The van der Waals surface area contributed by atoms with Crippen LogP contribution < -0.4 is 0 Å². The van der Waals surface area contributed by atoms with Crippen LogP contribution in [0.15, 0.2) is 48.9 Å². The lowest BCUT2D eigenvalue weighted by Gasteiger charge is -2.08. The van der Waals surface area contributed by atoms with Crippen molar-refractivity contribution in [2.24, 2.45) is 0 Å². The maximum atomic E-state index is 4.70. The maximum Gasteiger partial charge on any atom is 0.185 e. The third kappa shape index (κ3) is 1.50. The third-order valence-corrected chi connectivity index (χ3v) is 3.36. The van der Waals surface area contributed by atoms with Crippen LogP contribution in [0.25, 0.3) is 28.1 Å². The van der Waals surface area contributed by atoms with Crippen LogP contribution in [-0.4, -0.2) is 24.6 Å². The molecule has 1 aromatic carbocycles. The molecule has 0 fully saturated rings. The minimum atomic E-state index is 0.730. The summed E-state index contributed by atoms with van der Waals surface area (Å²) in [6, 6.07) is 11.9. The molecule has 4 aromatic rings. The summed E-state index contributed by atoms with van der Waals surface area (Å²) in [5.74, 6) is 0.788. The van der Waals surface area contributed by atoms with E-state index in [4.69, 9.17) is 4.98 Å². The van der Waals surface area contributed by atoms with Crippen LogP contribution in [-0.2, 0) is 0 Å². The first kappa shape index (κ1) is 11.0. The number of nitrogens with zero attached hydrogens (tertiary/aromatic N) is 5. The number of aromatic nitrogens is 5. The maximum absolute atomic E-state index is 4.70. The van der Waals surface area contributed by atoms with Gasteiger partial charge in [-0.25, -0.2) is 9.97 Å². The Morgan fingerprint density at radius 3 is 2.80 bits per heavy atom. The first-order valence-electron chi connectivity index (χ1n) is 6.35. The van der Waals surface area contributed by atoms with Crippen LogP contribution in [0.4, 0.5) is 0 Å². The van der Waals surface area contributed by atoms with Gasteiger partial charge in [-0.05, 0) is 24.6 Å². The van der Waals surface area contributed by atoms with Crippen molar-refractivity contribution in [3.05, 3.63) is 54.5 Å². The van der Waals surface area contributed by atoms with Crippen LogP contribution in [0.1, 0.15) is 5.56 Å². The van der Waals surface area contributed by atoms with Gasteiger partial charge in [-0.15, -0.1) is 0 Å². The highest BCUT2D eigenvalue weighted by atomic mass is 15.3. The van der Waals surface area contributed by atoms with Gasteiger partial charge in [0.1, 0.15) is 11.8 Å². The lowest BCUT2D eigenvalue weighted by molar-refractivity contribution is 0.941. The molecule has 0 aliphatic rings. The van der Waals surface area contributed by atoms with Gasteiger partial charge in [0.2, 0.25) is 0 Å². The summed E-state index contributed by atoms with van der Waals surface area (Å²) >= 11 is 0. The number of hydrogen-bond donors (Lipinski definition) is 0. The molecular formula is C15H11N5. The highest BCUT2D eigenvalue weighted by Crippen LogP contribution is 2.24. The lowest BCUT2D eigenvalue weighted by Crippen LogP contribution is -2.01. The van der Waals surface area contributed by atoms with Gasteiger partial charge in [-0.2, -0.15) is 9.61 Å². The van der Waals surface area contributed by atoms with E-state index in [1.54, 1.807) is 10.7 Å². The van der Waals surface area contributed by atoms with Crippen molar-refractivity contribution in [3.8, 4) is 11.4 Å². The van der Waals surface area contributed by atoms with E-state index in [9.17, 15) is 0 Å². The molecule has 0 aliphatic carbocycles. The molecule has 0 N–H and O–H groups in total. The Kier molecular flexibility index (Phi) is 2.26. The highest BCUT2D eigenvalue weighted by Gasteiger charge is 2.13. The van der Waals surface area contributed by atoms with E-state index in [1.807, 2.05) is 30.3 Å². The summed E-state index contributed by atoms with van der Waals surface area (Å²) in [7, 11) is 0. The summed E-state index contributed by atoms with van der Waals surface area (Å²) in [6.45, 7) is 2.06. The Morgan fingerprint density at radius 1 is 1.00 bits per heavy atom. The molecular weight excluding hydrogens is 250 g/mol. The molecule has 3 heterocycles. The largest absolute Gasteiger partial charge is 0.251 e. The molecule has 0 spiro atoms. The average Bonchev–Trinajstić information content (AvgIpc) is 2.97. The summed E-state index contributed by atoms with van der Waals surface area (Å²) in [5, 5.41) is 4.29. The van der Waals surface area contributed by atoms with E-state index in [-0.39, 0.29) is 0 Å². The average molecular weight is 261 g/mol. The van der Waals surface area contributed by atoms with Gasteiger partial charge in [0.05, 0.1) is 5.52 Å². The molecule has 0 radical (unpaired) electrons. The van der Waals surface area contributed by atoms with Gasteiger partial charge in [0.25, 0.3) is 0 Å². The molecule has 0 aliphatic heterocycles. The van der Waals surface area contributed by atoms with Gasteiger partial charge < -0.3 is 0 Å². The molecule has 5 nitrogen and oxygen atoms in total. The van der Waals surface area contributed by atoms with E-state index in [1.165, 1.54) is 6.33 Å². The predicted octanol–water partition coefficient (Wildman–Crippen LogP) is 2.65. The van der Waals surface area contributed by atoms with Gasteiger partial charge in [0.15, 0.2) is 11.5 Å². The molecule has 0 saturated carbocycles. The second kappa shape index (κ2) is 4.09. The molecule has 0 amide bonds. The predicted molar refractivity (Wildman–Crippen MR) is 76.3 cm³/mol. The number of benzene rings is 1. The van der Waals surface area contributed by atoms with Crippen LogP contribution in [0.3, 0.4) is 0 Å². The van der Waals surface area contributed by atoms with Crippen LogP contribution in [0.2, 0.25) is 0 Å². The Labute approximate surface area is 115 Å². The number of hydrogen-bond acceptors (Lipinski definition) is 4. The van der Waals surface area contributed by atoms with Crippen molar-refractivity contribution in [1.82, 2.24) is 24.6 Å². The van der Waals surface area contributed by atoms with Gasteiger partial charge in [0, 0.05) is 11.8 Å². The molecule has 0 saturated heterocycles. The Bertz CT molecular complexity index is 926. The van der Waals surface area contributed by atoms with Crippen molar-refractivity contribution in [3.63, 3.8) is 0 Å². The Balaban J connectivity index is 2.17. The van der Waals surface area contributed by atoms with Crippen molar-refractivity contribution in [2.75, 3.05) is 0 Å². The number of aryl methyl sites for hydroxylation is 1. The fourth-order valence-corrected chi connectivity index (χ4v) is 2.38. The first-order chi connectivity index (χ1) is 9.84. The van der Waals surface area contributed by atoms with E-state index in [0.717, 1.165) is 33.6 Å². The fraction of sp³-hybridized carbons (Fsp3) is 0.0667. The standard InChI is InChI=1S/C15H11N5/c1-10-5-2-3-6-11(10)14-19-12-7-4-8-16-13(12)15-17-9-18-20(14)15/h2-9H,1H3. The monoisotopic (exact) mass is 261 g/mol. The molecule has 3 aromatic heterocycles. The van der Waals surface area contributed by atoms with Gasteiger partial charge >= 0.3 is 0 Å². The van der Waals surface area contributed by atoms with Crippen molar-refractivity contribution < 1.29 is 0 Å². The van der Waals surface area contributed by atoms with Crippen molar-refractivity contribution >= 4 is 16.7 Å². The van der Waals surface area contributed by atoms with Crippen LogP contribution in [0, 0.1) is 6.92 Å². The quantitative estimate of drug-likeness (QED) is 0.528. The Hall–Kier alpha value is -2.82. The van der Waals surface area contributed by atoms with Crippen LogP contribution in [0.5, 0.6) is 0 Å². The van der Waals surface area contributed by atoms with Gasteiger partial charge in [-0.3, -0.25) is 4.98 Å². The lowest BCUT2D eigenvalue weighted by atomic mass is 10.1. The van der Waals surface area contributed by atoms with Gasteiger partial charge in [-0.1, -0.05) is 24.3 Å². The summed E-state index contributed by atoms with van der Waals surface area (Å²) in [4.78, 5) is 13.4. The molecule has 0 unspecified atom stereocenters. The zero-order valence-electron chi connectivity index (χ0n) is 10.9. The topological polar surface area (TPSA) is 56.0 Å². The highest BCUT2D eigenvalue weighted by molar-refractivity contribution is 5.89. The zero-order valence-corrected chi connectivity index (χ0v) is 10.9. The second-order valence-electron chi connectivity index (χ2n) is 4.62. The molecule has 96 valence electrons. The van der Waals surface area contributed by atoms with E-state index < -0.39 is 0 Å². The molecule has 20 heavy (non-hydrogen) atoms. The van der Waals surface area contributed by atoms with E-state index in [0.29, 0.717) is 0 Å². The minimum Gasteiger partial charge on any atom is -0.251 e. The SMILES string of the molecule is Cc1ccccc1-c1nc2cccnc2c2ncnn12. The molecule has 5 heteroatoms. The third-order valence-electron chi connectivity index (χ3n) is 3.36. The smallest absolute Gasteiger partial charge is 0.185 e. The van der Waals surface area contributed by atoms with Crippen molar-refractivity contribution in [1.29, 1.82) is 0 Å². The number of pyridine rings is 1. The van der Waals surface area contributed by atoms with Crippen LogP contribution >= 0.6 is 0 Å². The number of rotatable bonds is 1. The van der Waals surface area contributed by atoms with Crippen molar-refractivity contribution in [2.45, 2.75) is 6.92 Å². The molecule has 4 rings (SSSR count). The summed E-state index contributed by atoms with van der Waals surface area (Å²) in [6.07, 6.45) is 3.28. The molecule has 0 bridgehead atoms. The first-order valence-corrected chi connectivity index (χ1v) is 6.35. The zero-order chi connectivity index (χ0) is 13.5. The van der Waals surface area contributed by atoms with E-state index in [2.05, 4.69) is 28.1 Å². The summed E-state index contributed by atoms with van der Waals surface area (Å²) in [5.41, 5.74) is 4.52. The number of fused-ring (bicyclic) bond motifs is 3. The van der Waals surface area contributed by atoms with E-state index >= 15 is 0 Å². The normalized spacial score (nSPS) is 11.2. The molecule has 0 atom stereocenters. The fourth-order valence-electron chi connectivity index (χ4n) is 2.38. The second-order valence-corrected chi connectivity index (χ2v) is 4.62. The minimum absolute atomic E-state index is 0.730.